The van der Waals surface area contributed by atoms with Crippen LogP contribution in [0.1, 0.15) is 15.9 Å². The number of amides is 2. The van der Waals surface area contributed by atoms with Crippen LogP contribution in [0.2, 0.25) is 0 Å². The van der Waals surface area contributed by atoms with E-state index in [0.717, 1.165) is 17.3 Å². The molecule has 4 rings (SSSR count). The number of carbonyl (C=O) groups is 4. The van der Waals surface area contributed by atoms with Gasteiger partial charge in [-0.15, -0.1) is 11.8 Å². The fourth-order valence-electron chi connectivity index (χ4n) is 3.81. The van der Waals surface area contributed by atoms with Crippen molar-refractivity contribution in [1.29, 1.82) is 0 Å². The number of alkyl halides is 3. The maximum absolute atomic E-state index is 13.1. The van der Waals surface area contributed by atoms with Gasteiger partial charge in [0.2, 0.25) is 14.8 Å². The first kappa shape index (κ1) is 27.9. The van der Waals surface area contributed by atoms with Gasteiger partial charge >= 0.3 is 5.97 Å². The highest BCUT2D eigenvalue weighted by Gasteiger charge is 2.54. The zero-order chi connectivity index (χ0) is 26.6. The van der Waals surface area contributed by atoms with Crippen molar-refractivity contribution < 1.29 is 23.9 Å². The lowest BCUT2D eigenvalue weighted by Gasteiger charge is -2.49. The Morgan fingerprint density at radius 2 is 1.70 bits per heavy atom. The lowest BCUT2D eigenvalue weighted by molar-refractivity contribution is -0.152. The van der Waals surface area contributed by atoms with Crippen LogP contribution in [-0.4, -0.2) is 61.1 Å². The molecule has 0 unspecified atom stereocenters. The molecule has 12 heteroatoms. The van der Waals surface area contributed by atoms with Crippen LogP contribution >= 0.6 is 58.3 Å². The summed E-state index contributed by atoms with van der Waals surface area (Å²) in [4.78, 5) is 52.6. The third-order valence-electron chi connectivity index (χ3n) is 5.52. The van der Waals surface area contributed by atoms with Crippen molar-refractivity contribution in [3.8, 4) is 0 Å². The van der Waals surface area contributed by atoms with Crippen LogP contribution in [-0.2, 0) is 25.5 Å². The highest BCUT2D eigenvalue weighted by molar-refractivity contribution is 8.14. The van der Waals surface area contributed by atoms with Crippen molar-refractivity contribution in [1.82, 2.24) is 10.2 Å². The molecule has 2 heterocycles. The Kier molecular flexibility index (Phi) is 9.13. The molecule has 2 aromatic carbocycles. The van der Waals surface area contributed by atoms with Crippen molar-refractivity contribution in [2.45, 2.75) is 21.6 Å². The predicted molar refractivity (Wildman–Crippen MR) is 147 cm³/mol. The van der Waals surface area contributed by atoms with Crippen molar-refractivity contribution in [3.05, 3.63) is 83.1 Å². The Morgan fingerprint density at radius 3 is 2.35 bits per heavy atom. The molecule has 1 saturated heterocycles. The summed E-state index contributed by atoms with van der Waals surface area (Å²) in [6.45, 7) is -0.513. The number of rotatable bonds is 8. The summed E-state index contributed by atoms with van der Waals surface area (Å²) in [5.41, 5.74) is 1.91. The average Bonchev–Trinajstić information content (AvgIpc) is 2.89. The summed E-state index contributed by atoms with van der Waals surface area (Å²) in [5, 5.41) is 2.10. The lowest BCUT2D eigenvalue weighted by Crippen LogP contribution is -2.70. The molecule has 2 aromatic rings. The van der Waals surface area contributed by atoms with Crippen LogP contribution < -0.4 is 5.32 Å². The maximum Gasteiger partial charge on any atom is 0.355 e. The number of esters is 1. The van der Waals surface area contributed by atoms with E-state index in [1.165, 1.54) is 16.7 Å². The fourth-order valence-corrected chi connectivity index (χ4v) is 6.30. The molecule has 0 aliphatic carbocycles. The number of β-lactam (4-membered cyclic amide) rings is 1. The van der Waals surface area contributed by atoms with Crippen LogP contribution in [0, 0.1) is 0 Å². The molecule has 2 aliphatic heterocycles. The van der Waals surface area contributed by atoms with E-state index in [4.69, 9.17) is 39.5 Å². The Hall–Kier alpha value is -2.17. The van der Waals surface area contributed by atoms with Crippen LogP contribution in [0.4, 0.5) is 0 Å². The van der Waals surface area contributed by atoms with E-state index >= 15 is 0 Å². The molecule has 2 atom stereocenters. The van der Waals surface area contributed by atoms with Gasteiger partial charge in [-0.1, -0.05) is 107 Å². The molecule has 0 bridgehead atoms. The van der Waals surface area contributed by atoms with E-state index in [2.05, 4.69) is 5.32 Å². The summed E-state index contributed by atoms with van der Waals surface area (Å²) in [7, 11) is 0. The first-order chi connectivity index (χ1) is 17.6. The highest BCUT2D eigenvalue weighted by Crippen LogP contribution is 2.42. The SMILES string of the molecule is O=C(Cc1ccccc1)N[C@@H]1C(=O)N2C(C(=O)OCC(Cl)(Cl)Cl)=C(CSC(=O)c3ccccc3)CS[C@H]12. The quantitative estimate of drug-likeness (QED) is 0.274. The minimum Gasteiger partial charge on any atom is -0.456 e. The molecule has 0 radical (unpaired) electrons. The summed E-state index contributed by atoms with van der Waals surface area (Å²) in [6.07, 6.45) is 0.124. The monoisotopic (exact) mass is 598 g/mol. The summed E-state index contributed by atoms with van der Waals surface area (Å²) in [5.74, 6) is -1.06. The van der Waals surface area contributed by atoms with Crippen molar-refractivity contribution in [3.63, 3.8) is 0 Å². The Morgan fingerprint density at radius 1 is 1.05 bits per heavy atom. The van der Waals surface area contributed by atoms with Gasteiger partial charge in [0.05, 0.1) is 6.42 Å². The third-order valence-corrected chi connectivity index (χ3v) is 8.18. The smallest absolute Gasteiger partial charge is 0.355 e. The molecule has 37 heavy (non-hydrogen) atoms. The first-order valence-corrected chi connectivity index (χ1v) is 14.3. The standard InChI is InChI=1S/C25H21Cl3N2O5S2/c26-25(27,28)14-35-23(33)20-17(13-37-24(34)16-9-5-2-6-10-16)12-36-22-19(21(32)30(20)22)29-18(31)11-15-7-3-1-4-8-15/h1-10,19,22H,11-14H2,(H,29,31)/t19-,22-/m1/s1. The predicted octanol–water partition coefficient (Wildman–Crippen LogP) is 4.37. The molecule has 0 spiro atoms. The van der Waals surface area contributed by atoms with Gasteiger partial charge in [-0.05, 0) is 11.1 Å². The summed E-state index contributed by atoms with van der Waals surface area (Å²) >= 11 is 19.6. The number of nitrogens with zero attached hydrogens (tertiary/aromatic N) is 1. The van der Waals surface area contributed by atoms with Gasteiger partial charge in [0, 0.05) is 17.1 Å². The second-order valence-corrected chi connectivity index (χ2v) is 12.8. The number of thioether (sulfide) groups is 2. The molecule has 7 nitrogen and oxygen atoms in total. The number of benzene rings is 2. The topological polar surface area (TPSA) is 92.8 Å². The number of hydrogen-bond donors (Lipinski definition) is 1. The minimum atomic E-state index is -1.83. The van der Waals surface area contributed by atoms with Crippen LogP contribution in [0.15, 0.2) is 71.9 Å². The van der Waals surface area contributed by atoms with E-state index in [-0.39, 0.29) is 28.9 Å². The number of ether oxygens (including phenoxy) is 1. The number of halogens is 3. The average molecular weight is 600 g/mol. The molecule has 0 saturated carbocycles. The highest BCUT2D eigenvalue weighted by atomic mass is 35.6. The Labute approximate surface area is 237 Å². The van der Waals surface area contributed by atoms with Gasteiger partial charge in [0.15, 0.2) is 0 Å². The first-order valence-electron chi connectivity index (χ1n) is 11.1. The molecular formula is C25H21Cl3N2O5S2. The number of hydrogen-bond acceptors (Lipinski definition) is 7. The van der Waals surface area contributed by atoms with Crippen LogP contribution in [0.5, 0.6) is 0 Å². The normalized spacial score (nSPS) is 19.1. The van der Waals surface area contributed by atoms with E-state index in [1.54, 1.807) is 24.3 Å². The van der Waals surface area contributed by atoms with Gasteiger partial charge in [-0.3, -0.25) is 19.3 Å². The van der Waals surface area contributed by atoms with Crippen LogP contribution in [0.3, 0.4) is 0 Å². The maximum atomic E-state index is 13.1. The molecule has 2 amide bonds. The van der Waals surface area contributed by atoms with E-state index in [9.17, 15) is 19.2 Å². The van der Waals surface area contributed by atoms with Gasteiger partial charge in [-0.25, -0.2) is 4.79 Å². The largest absolute Gasteiger partial charge is 0.456 e. The van der Waals surface area contributed by atoms with Crippen LogP contribution in [0.25, 0.3) is 0 Å². The molecule has 0 aromatic heterocycles. The van der Waals surface area contributed by atoms with E-state index < -0.39 is 33.7 Å². The molecule has 1 fully saturated rings. The molecule has 2 aliphatic rings. The number of nitrogens with one attached hydrogen (secondary N) is 1. The second kappa shape index (κ2) is 12.1. The van der Waals surface area contributed by atoms with Gasteiger partial charge in [0.25, 0.3) is 5.91 Å². The molecule has 194 valence electrons. The minimum absolute atomic E-state index is 0.0184. The zero-order valence-corrected chi connectivity index (χ0v) is 23.1. The number of carbonyl (C=O) groups excluding carboxylic acids is 4. The Balaban J connectivity index is 1.49. The van der Waals surface area contributed by atoms with Crippen molar-refractivity contribution in [2.75, 3.05) is 18.1 Å². The molecule has 1 N–H and O–H groups in total. The number of fused-ring (bicyclic) bond motifs is 1. The zero-order valence-electron chi connectivity index (χ0n) is 19.2. The van der Waals surface area contributed by atoms with Crippen molar-refractivity contribution in [2.24, 2.45) is 0 Å². The molecular weight excluding hydrogens is 579 g/mol. The third kappa shape index (κ3) is 7.03. The van der Waals surface area contributed by atoms with Gasteiger partial charge < -0.3 is 10.1 Å². The second-order valence-electron chi connectivity index (χ2n) is 8.20. The lowest BCUT2D eigenvalue weighted by atomic mass is 10.0. The van der Waals surface area contributed by atoms with Crippen molar-refractivity contribution >= 4 is 81.2 Å². The van der Waals surface area contributed by atoms with Gasteiger partial charge in [-0.2, -0.15) is 0 Å². The summed E-state index contributed by atoms with van der Waals surface area (Å²) in [6, 6.07) is 17.1. The van der Waals surface area contributed by atoms with Gasteiger partial charge in [0.1, 0.15) is 23.7 Å². The van der Waals surface area contributed by atoms with E-state index in [1.807, 2.05) is 36.4 Å². The van der Waals surface area contributed by atoms with E-state index in [0.29, 0.717) is 16.9 Å². The Bertz CT molecular complexity index is 1220. The fraction of sp³-hybridized carbons (Fsp3) is 0.280. The summed E-state index contributed by atoms with van der Waals surface area (Å²) < 4.78 is 3.36.